The zero-order chi connectivity index (χ0) is 8.53. The molecule has 0 unspecified atom stereocenters. The minimum absolute atomic E-state index is 0. The van der Waals surface area contributed by atoms with Gasteiger partial charge in [-0.25, -0.2) is 19.6 Å². The minimum atomic E-state index is 0. The Bertz CT molecular complexity index is 185. The van der Waals surface area contributed by atoms with E-state index in [-0.39, 0.29) is 37.2 Å². The summed E-state index contributed by atoms with van der Waals surface area (Å²) < 4.78 is 0. The molecule has 0 aliphatic heterocycles. The van der Waals surface area contributed by atoms with Crippen LogP contribution in [0.3, 0.4) is 0 Å². The van der Waals surface area contributed by atoms with Crippen LogP contribution < -0.4 is 5.73 Å². The standard InChI is InChI=1S/C7H9N.C3H5.2CH3.Au/c8-6-7-4-2-1-3-5-7;1-3-2;;;/h1-5H,6,8H2;3H,1-2H2;2*1H3;/q;3*-1;+3. The van der Waals surface area contributed by atoms with Crippen LogP contribution in [0.15, 0.2) is 43.0 Å². The first kappa shape index (κ1) is 23.4. The summed E-state index contributed by atoms with van der Waals surface area (Å²) in [6.45, 7) is 7.14. The number of benzene rings is 1. The van der Waals surface area contributed by atoms with Gasteiger partial charge in [0.15, 0.2) is 0 Å². The molecule has 1 rings (SSSR count). The van der Waals surface area contributed by atoms with Crippen molar-refractivity contribution in [1.29, 1.82) is 0 Å². The van der Waals surface area contributed by atoms with Gasteiger partial charge in [0.2, 0.25) is 0 Å². The van der Waals surface area contributed by atoms with Crippen molar-refractivity contribution in [1.82, 2.24) is 0 Å². The van der Waals surface area contributed by atoms with E-state index in [1.165, 1.54) is 11.6 Å². The summed E-state index contributed by atoms with van der Waals surface area (Å²) in [5, 5.41) is 0. The molecular formula is C12H20AuN. The van der Waals surface area contributed by atoms with E-state index < -0.39 is 0 Å². The van der Waals surface area contributed by atoms with Crippen molar-refractivity contribution >= 4 is 0 Å². The molecule has 0 aliphatic rings. The Morgan fingerprint density at radius 2 is 1.57 bits per heavy atom. The topological polar surface area (TPSA) is 26.0 Å². The fourth-order valence-electron chi connectivity index (χ4n) is 0.614. The molecule has 2 N–H and O–H groups in total. The monoisotopic (exact) mass is 375 g/mol. The minimum Gasteiger partial charge on any atom is -0.358 e. The maximum atomic E-state index is 5.35. The zero-order valence-corrected chi connectivity index (χ0v) is 11.1. The van der Waals surface area contributed by atoms with E-state index in [1.807, 2.05) is 30.3 Å². The summed E-state index contributed by atoms with van der Waals surface area (Å²) in [4.78, 5) is 0. The van der Waals surface area contributed by atoms with Gasteiger partial charge >= 0.3 is 22.4 Å². The van der Waals surface area contributed by atoms with Gasteiger partial charge < -0.3 is 20.6 Å². The van der Waals surface area contributed by atoms with Gasteiger partial charge in [-0.05, 0) is 5.56 Å². The van der Waals surface area contributed by atoms with Crippen molar-refractivity contribution in [2.24, 2.45) is 5.73 Å². The fourth-order valence-corrected chi connectivity index (χ4v) is 0.614. The van der Waals surface area contributed by atoms with E-state index in [4.69, 9.17) is 5.73 Å². The van der Waals surface area contributed by atoms with E-state index in [2.05, 4.69) is 13.5 Å². The van der Waals surface area contributed by atoms with Gasteiger partial charge in [-0.2, -0.15) is 0 Å². The van der Waals surface area contributed by atoms with Crippen LogP contribution in [0.5, 0.6) is 0 Å². The second kappa shape index (κ2) is 18.3. The van der Waals surface area contributed by atoms with Gasteiger partial charge in [0.25, 0.3) is 0 Å². The third-order valence-electron chi connectivity index (χ3n) is 1.08. The van der Waals surface area contributed by atoms with E-state index >= 15 is 0 Å². The first-order chi connectivity index (χ1) is 5.35. The van der Waals surface area contributed by atoms with Crippen molar-refractivity contribution < 1.29 is 22.4 Å². The van der Waals surface area contributed by atoms with Crippen molar-refractivity contribution in [2.75, 3.05) is 0 Å². The van der Waals surface area contributed by atoms with Crippen LogP contribution in [-0.2, 0) is 28.9 Å². The maximum absolute atomic E-state index is 5.35. The van der Waals surface area contributed by atoms with Crippen LogP contribution >= 0.6 is 0 Å². The first-order valence-corrected chi connectivity index (χ1v) is 3.49. The quantitative estimate of drug-likeness (QED) is 0.593. The zero-order valence-electron chi connectivity index (χ0n) is 8.96. The van der Waals surface area contributed by atoms with Gasteiger partial charge in [-0.15, -0.1) is 0 Å². The molecule has 0 saturated heterocycles. The summed E-state index contributed by atoms with van der Waals surface area (Å²) >= 11 is 0. The van der Waals surface area contributed by atoms with Crippen LogP contribution in [-0.4, -0.2) is 0 Å². The Hall–Kier alpha value is -0.470. The molecule has 0 saturated carbocycles. The van der Waals surface area contributed by atoms with Crippen LogP contribution in [0.25, 0.3) is 0 Å². The first-order valence-electron chi connectivity index (χ1n) is 3.49. The molecule has 2 heteroatoms. The Morgan fingerprint density at radius 3 is 1.79 bits per heavy atom. The fraction of sp³-hybridized carbons (Fsp3) is 0.0833. The summed E-state index contributed by atoms with van der Waals surface area (Å²) in [5.41, 5.74) is 6.54. The summed E-state index contributed by atoms with van der Waals surface area (Å²) in [6, 6.07) is 9.99. The Morgan fingerprint density at radius 1 is 1.21 bits per heavy atom. The van der Waals surface area contributed by atoms with Crippen LogP contribution in [0.4, 0.5) is 0 Å². The van der Waals surface area contributed by atoms with E-state index in [1.54, 1.807) is 0 Å². The summed E-state index contributed by atoms with van der Waals surface area (Å²) in [7, 11) is 0. The molecule has 84 valence electrons. The molecule has 1 nitrogen and oxygen atoms in total. The molecule has 1 aromatic rings. The number of rotatable bonds is 1. The molecular weight excluding hydrogens is 355 g/mol. The smallest absolute Gasteiger partial charge is 0.358 e. The van der Waals surface area contributed by atoms with Crippen LogP contribution in [0, 0.1) is 21.8 Å². The second-order valence-corrected chi connectivity index (χ2v) is 1.98. The second-order valence-electron chi connectivity index (χ2n) is 1.98. The Balaban J connectivity index is -0.0000000758. The predicted octanol–water partition coefficient (Wildman–Crippen LogP) is 3.05. The van der Waals surface area contributed by atoms with Gasteiger partial charge in [0.05, 0.1) is 0 Å². The third-order valence-corrected chi connectivity index (χ3v) is 1.08. The number of hydrogen-bond acceptors (Lipinski definition) is 1. The Labute approximate surface area is 105 Å². The molecule has 0 spiro atoms. The largest absolute Gasteiger partial charge is 3.00 e. The van der Waals surface area contributed by atoms with Crippen LogP contribution in [0.2, 0.25) is 0 Å². The molecule has 0 amide bonds. The normalized spacial score (nSPS) is 6.07. The van der Waals surface area contributed by atoms with Gasteiger partial charge in [0, 0.05) is 6.54 Å². The maximum Gasteiger partial charge on any atom is 3.00 e. The molecule has 14 heavy (non-hydrogen) atoms. The van der Waals surface area contributed by atoms with E-state index in [9.17, 15) is 0 Å². The molecule has 0 radical (unpaired) electrons. The van der Waals surface area contributed by atoms with Crippen molar-refractivity contribution in [3.8, 4) is 0 Å². The predicted molar refractivity (Wildman–Crippen MR) is 62.7 cm³/mol. The average Bonchev–Trinajstić information content (AvgIpc) is 2.08. The van der Waals surface area contributed by atoms with Gasteiger partial charge in [0.1, 0.15) is 0 Å². The average molecular weight is 375 g/mol. The molecule has 0 atom stereocenters. The van der Waals surface area contributed by atoms with Crippen molar-refractivity contribution in [3.05, 3.63) is 70.3 Å². The molecule has 0 aromatic heterocycles. The van der Waals surface area contributed by atoms with Crippen LogP contribution in [0.1, 0.15) is 5.56 Å². The third kappa shape index (κ3) is 14.1. The molecule has 0 fully saturated rings. The van der Waals surface area contributed by atoms with E-state index in [0.29, 0.717) is 6.54 Å². The van der Waals surface area contributed by atoms with Crippen molar-refractivity contribution in [3.63, 3.8) is 0 Å². The molecule has 1 aromatic carbocycles. The van der Waals surface area contributed by atoms with Crippen molar-refractivity contribution in [2.45, 2.75) is 6.54 Å². The van der Waals surface area contributed by atoms with E-state index in [0.717, 1.165) is 0 Å². The number of allylic oxidation sites excluding steroid dienone is 1. The SMILES string of the molecule is C=C[CH2-].NCc1ccccc1.[Au+3].[CH3-].[CH3-]. The summed E-state index contributed by atoms with van der Waals surface area (Å²) in [6.07, 6.45) is 1.50. The molecule has 0 bridgehead atoms. The summed E-state index contributed by atoms with van der Waals surface area (Å²) in [5.74, 6) is 0. The molecule has 0 heterocycles. The molecule has 0 aliphatic carbocycles. The number of nitrogens with two attached hydrogens (primary N) is 1. The Kier molecular flexibility index (Phi) is 30.6. The number of hydrogen-bond donors (Lipinski definition) is 1. The van der Waals surface area contributed by atoms with Gasteiger partial charge in [-0.1, -0.05) is 30.3 Å². The van der Waals surface area contributed by atoms with Gasteiger partial charge in [-0.3, -0.25) is 0 Å².